The maximum absolute atomic E-state index is 10.3. The summed E-state index contributed by atoms with van der Waals surface area (Å²) in [4.78, 5) is 20.5. The average Bonchev–Trinajstić information content (AvgIpc) is 2.49. The van der Waals surface area contributed by atoms with Gasteiger partial charge in [0.15, 0.2) is 0 Å². The fourth-order valence-electron chi connectivity index (χ4n) is 0.629. The molecule has 2 unspecified atom stereocenters. The fraction of sp³-hybridized carbons (Fsp3) is 0.800. The summed E-state index contributed by atoms with van der Waals surface area (Å²) in [5, 5.41) is 34.3. The summed E-state index contributed by atoms with van der Waals surface area (Å²) in [6.07, 6.45) is -1.48. The van der Waals surface area contributed by atoms with Crippen LogP contribution in [0.15, 0.2) is 0 Å². The van der Waals surface area contributed by atoms with E-state index in [1.807, 2.05) is 0 Å². The van der Waals surface area contributed by atoms with Crippen molar-refractivity contribution in [2.24, 2.45) is 11.5 Å². The van der Waals surface area contributed by atoms with Crippen LogP contribution in [-0.2, 0) is 9.59 Å². The van der Waals surface area contributed by atoms with E-state index in [2.05, 4.69) is 25.3 Å². The molecule has 12 heteroatoms. The molecule has 22 heavy (non-hydrogen) atoms. The molecule has 0 radical (unpaired) electrons. The van der Waals surface area contributed by atoms with Crippen molar-refractivity contribution in [3.63, 3.8) is 0 Å². The third-order valence-corrected chi connectivity index (χ3v) is 5.25. The van der Waals surface area contributed by atoms with E-state index in [1.54, 1.807) is 0 Å². The molecule has 0 fully saturated rings. The van der Waals surface area contributed by atoms with Crippen molar-refractivity contribution < 1.29 is 30.0 Å². The maximum atomic E-state index is 10.3. The highest BCUT2D eigenvalue weighted by Gasteiger charge is 2.14. The molecule has 0 aromatic heterocycles. The van der Waals surface area contributed by atoms with Gasteiger partial charge in [-0.2, -0.15) is 25.3 Å². The lowest BCUT2D eigenvalue weighted by Crippen LogP contribution is -2.33. The summed E-state index contributed by atoms with van der Waals surface area (Å²) in [6.45, 7) is 0. The van der Waals surface area contributed by atoms with Crippen molar-refractivity contribution in [2.75, 3.05) is 23.0 Å². The summed E-state index contributed by atoms with van der Waals surface area (Å²) in [6, 6.07) is -1.85. The highest BCUT2D eigenvalue weighted by atomic mass is 33.1. The van der Waals surface area contributed by atoms with Gasteiger partial charge in [0.2, 0.25) is 0 Å². The molecule has 0 aliphatic rings. The zero-order valence-electron chi connectivity index (χ0n) is 11.6. The molecule has 4 atom stereocenters. The molecule has 0 spiro atoms. The largest absolute Gasteiger partial charge is 0.480 e. The first-order chi connectivity index (χ1) is 10.2. The van der Waals surface area contributed by atoms with Crippen molar-refractivity contribution in [3.8, 4) is 0 Å². The first-order valence-electron chi connectivity index (χ1n) is 5.96. The molecule has 0 rings (SSSR count). The average molecular weight is 395 g/mol. The number of hydrogen-bond donors (Lipinski definition) is 8. The molecule has 0 heterocycles. The van der Waals surface area contributed by atoms with Crippen molar-refractivity contribution in [2.45, 2.75) is 24.3 Å². The van der Waals surface area contributed by atoms with Gasteiger partial charge in [0.25, 0.3) is 0 Å². The Morgan fingerprint density at radius 3 is 1.32 bits per heavy atom. The summed E-state index contributed by atoms with van der Waals surface area (Å²) < 4.78 is 0. The molecule has 132 valence electrons. The molecule has 8 N–H and O–H groups in total. The lowest BCUT2D eigenvalue weighted by atomic mass is 10.3. The lowest BCUT2D eigenvalue weighted by Gasteiger charge is -2.11. The quantitative estimate of drug-likeness (QED) is 0.127. The predicted molar refractivity (Wildman–Crippen MR) is 95.9 cm³/mol. The van der Waals surface area contributed by atoms with Crippen LogP contribution in [0.2, 0.25) is 0 Å². The number of aliphatic hydroxyl groups excluding tert-OH is 2. The van der Waals surface area contributed by atoms with Crippen LogP contribution in [0, 0.1) is 0 Å². The SMILES string of the molecule is NC(CSSCC(N)C(=O)O)C(=O)O.O[C@H](CS)[C@H](O)CS. The third kappa shape index (κ3) is 13.8. The Morgan fingerprint density at radius 2 is 1.14 bits per heavy atom. The van der Waals surface area contributed by atoms with Crippen LogP contribution >= 0.6 is 46.8 Å². The maximum Gasteiger partial charge on any atom is 0.321 e. The summed E-state index contributed by atoms with van der Waals surface area (Å²) >= 11 is 7.53. The predicted octanol–water partition coefficient (Wildman–Crippen LogP) is -1.24. The van der Waals surface area contributed by atoms with Crippen molar-refractivity contribution in [3.05, 3.63) is 0 Å². The Balaban J connectivity index is 0. The number of thiol groups is 2. The van der Waals surface area contributed by atoms with Crippen molar-refractivity contribution in [1.29, 1.82) is 0 Å². The van der Waals surface area contributed by atoms with E-state index in [0.29, 0.717) is 0 Å². The molecule has 0 aromatic carbocycles. The molecule has 0 aliphatic carbocycles. The normalized spacial score (nSPS) is 15.9. The Morgan fingerprint density at radius 1 is 0.864 bits per heavy atom. The van der Waals surface area contributed by atoms with E-state index < -0.39 is 36.2 Å². The number of hydrogen-bond acceptors (Lipinski definition) is 10. The first-order valence-corrected chi connectivity index (χ1v) is 9.71. The fourth-order valence-corrected chi connectivity index (χ4v) is 3.34. The number of carbonyl (C=O) groups is 2. The van der Waals surface area contributed by atoms with Crippen LogP contribution in [-0.4, -0.2) is 79.7 Å². The van der Waals surface area contributed by atoms with Gasteiger partial charge in [-0.25, -0.2) is 0 Å². The minimum Gasteiger partial charge on any atom is -0.480 e. The van der Waals surface area contributed by atoms with Gasteiger partial charge in [-0.05, 0) is 0 Å². The molecule has 8 nitrogen and oxygen atoms in total. The molecule has 0 aliphatic heterocycles. The van der Waals surface area contributed by atoms with Crippen LogP contribution in [0.25, 0.3) is 0 Å². The summed E-state index contributed by atoms with van der Waals surface area (Å²) in [5.41, 5.74) is 10.4. The third-order valence-electron chi connectivity index (χ3n) is 2.03. The lowest BCUT2D eigenvalue weighted by molar-refractivity contribution is -0.138. The van der Waals surface area contributed by atoms with Gasteiger partial charge in [0.1, 0.15) is 12.1 Å². The highest BCUT2D eigenvalue weighted by Crippen LogP contribution is 2.22. The standard InChI is InChI=1S/C6H12N2O4S2.C4H10O2S2/c7-3(5(9)10)1-13-14-2-4(8)6(11)12;5-3(1-7)4(6)2-8/h3-4H,1-2,7-8H2,(H,9,10)(H,11,12);3-8H,1-2H2/t;3-,4-/m.1/s1. The summed E-state index contributed by atoms with van der Waals surface area (Å²) in [7, 11) is 2.41. The van der Waals surface area contributed by atoms with E-state index in [1.165, 1.54) is 21.6 Å². The van der Waals surface area contributed by atoms with E-state index in [-0.39, 0.29) is 23.0 Å². The summed E-state index contributed by atoms with van der Waals surface area (Å²) in [5.74, 6) is -1.12. The van der Waals surface area contributed by atoms with Gasteiger partial charge < -0.3 is 31.9 Å². The smallest absolute Gasteiger partial charge is 0.321 e. The Bertz CT molecular complexity index is 296. The molecular formula is C10H22N2O6S4. The number of aliphatic hydroxyl groups is 2. The number of carboxylic acids is 2. The van der Waals surface area contributed by atoms with Crippen LogP contribution in [0.1, 0.15) is 0 Å². The number of aliphatic carboxylic acids is 2. The zero-order chi connectivity index (χ0) is 17.7. The van der Waals surface area contributed by atoms with E-state index in [0.717, 1.165) is 0 Å². The second-order valence-corrected chi connectivity index (χ2v) is 7.24. The second kappa shape index (κ2) is 14.8. The van der Waals surface area contributed by atoms with Gasteiger partial charge in [-0.3, -0.25) is 9.59 Å². The monoisotopic (exact) mass is 394 g/mol. The van der Waals surface area contributed by atoms with Crippen molar-refractivity contribution in [1.82, 2.24) is 0 Å². The van der Waals surface area contributed by atoms with Crippen LogP contribution in [0.3, 0.4) is 0 Å². The number of nitrogens with two attached hydrogens (primary N) is 2. The Labute approximate surface area is 147 Å². The van der Waals surface area contributed by atoms with Crippen LogP contribution < -0.4 is 11.5 Å². The van der Waals surface area contributed by atoms with E-state index in [4.69, 9.17) is 31.9 Å². The highest BCUT2D eigenvalue weighted by molar-refractivity contribution is 8.76. The van der Waals surface area contributed by atoms with Gasteiger partial charge in [0, 0.05) is 23.0 Å². The van der Waals surface area contributed by atoms with E-state index >= 15 is 0 Å². The second-order valence-electron chi connectivity index (χ2n) is 3.96. The zero-order valence-corrected chi connectivity index (χ0v) is 15.0. The molecule has 0 amide bonds. The van der Waals surface area contributed by atoms with Crippen LogP contribution in [0.5, 0.6) is 0 Å². The van der Waals surface area contributed by atoms with Gasteiger partial charge in [0.05, 0.1) is 12.2 Å². The molecule has 0 saturated heterocycles. The molecule has 0 bridgehead atoms. The van der Waals surface area contributed by atoms with E-state index in [9.17, 15) is 9.59 Å². The topological polar surface area (TPSA) is 167 Å². The first kappa shape index (κ1) is 24.4. The molecule has 0 saturated carbocycles. The van der Waals surface area contributed by atoms with Gasteiger partial charge in [-0.15, -0.1) is 0 Å². The Kier molecular flexibility index (Phi) is 16.4. The Hall–Kier alpha value is 0.180. The van der Waals surface area contributed by atoms with Crippen LogP contribution in [0.4, 0.5) is 0 Å². The van der Waals surface area contributed by atoms with Gasteiger partial charge >= 0.3 is 11.9 Å². The molecular weight excluding hydrogens is 372 g/mol. The number of rotatable bonds is 10. The molecule has 0 aromatic rings. The minimum atomic E-state index is -1.07. The number of carboxylic acid groups (broad SMARTS) is 2. The minimum absolute atomic E-state index is 0.229. The van der Waals surface area contributed by atoms with Gasteiger partial charge in [-0.1, -0.05) is 21.6 Å². The van der Waals surface area contributed by atoms with Crippen molar-refractivity contribution >= 4 is 58.8 Å².